The summed E-state index contributed by atoms with van der Waals surface area (Å²) in [6.07, 6.45) is 5.72. The summed E-state index contributed by atoms with van der Waals surface area (Å²) < 4.78 is 0. The smallest absolute Gasteiger partial charge is 0.294 e. The van der Waals surface area contributed by atoms with Gasteiger partial charge in [-0.3, -0.25) is 19.3 Å². The predicted molar refractivity (Wildman–Crippen MR) is 103 cm³/mol. The summed E-state index contributed by atoms with van der Waals surface area (Å²) in [6, 6.07) is 9.53. The molecule has 28 heavy (non-hydrogen) atoms. The van der Waals surface area contributed by atoms with Crippen LogP contribution in [0, 0.1) is 5.92 Å². The molecule has 0 bridgehead atoms. The van der Waals surface area contributed by atoms with Crippen molar-refractivity contribution in [2.45, 2.75) is 12.8 Å². The van der Waals surface area contributed by atoms with Crippen molar-refractivity contribution in [2.24, 2.45) is 5.92 Å². The Morgan fingerprint density at radius 2 is 1.82 bits per heavy atom. The van der Waals surface area contributed by atoms with E-state index in [1.807, 2.05) is 36.4 Å². The second-order valence-electron chi connectivity index (χ2n) is 6.53. The van der Waals surface area contributed by atoms with Crippen LogP contribution in [0.1, 0.15) is 18.4 Å². The summed E-state index contributed by atoms with van der Waals surface area (Å²) in [6.45, 7) is 0.229. The van der Waals surface area contributed by atoms with E-state index in [0.29, 0.717) is 12.8 Å². The molecule has 3 rings (SSSR count). The van der Waals surface area contributed by atoms with Crippen LogP contribution in [0.3, 0.4) is 0 Å². The number of carboxylic acid groups (broad SMARTS) is 1. The Kier molecular flexibility index (Phi) is 6.30. The highest BCUT2D eigenvalue weighted by Crippen LogP contribution is 2.30. The van der Waals surface area contributed by atoms with Gasteiger partial charge >= 0.3 is 0 Å². The fourth-order valence-electron chi connectivity index (χ4n) is 3.06. The molecular formula is C20H19N2O5S-. The highest BCUT2D eigenvalue weighted by molar-refractivity contribution is 8.18. The van der Waals surface area contributed by atoms with E-state index in [0.717, 1.165) is 22.2 Å². The molecule has 3 amide bonds. The fourth-order valence-corrected chi connectivity index (χ4v) is 3.85. The standard InChI is InChI=1S/C20H20N2O5S/c23-17(21-11-9-15(10-12-21)19(25)26)13-22-18(24)16(28-20(22)27)8-4-7-14-5-2-1-3-6-14/h1-8,15H,9-13H2,(H,25,26)/p-1/b7-4+,16-8+. The number of benzene rings is 1. The number of thioether (sulfide) groups is 1. The molecule has 0 atom stereocenters. The number of aliphatic carboxylic acids is 1. The van der Waals surface area contributed by atoms with Crippen LogP contribution in [-0.4, -0.2) is 52.5 Å². The summed E-state index contributed by atoms with van der Waals surface area (Å²) in [5, 5.41) is 10.4. The lowest BCUT2D eigenvalue weighted by molar-refractivity contribution is -0.312. The molecule has 2 heterocycles. The number of carboxylic acids is 1. The molecule has 0 N–H and O–H groups in total. The first-order valence-electron chi connectivity index (χ1n) is 8.91. The summed E-state index contributed by atoms with van der Waals surface area (Å²) >= 11 is 0.800. The highest BCUT2D eigenvalue weighted by atomic mass is 32.2. The van der Waals surface area contributed by atoms with Gasteiger partial charge in [0.2, 0.25) is 5.91 Å². The first-order valence-corrected chi connectivity index (χ1v) is 9.73. The zero-order chi connectivity index (χ0) is 20.1. The number of imide groups is 1. The highest BCUT2D eigenvalue weighted by Gasteiger charge is 2.37. The molecule has 146 valence electrons. The van der Waals surface area contributed by atoms with Crippen LogP contribution in [0.5, 0.6) is 0 Å². The third-order valence-electron chi connectivity index (χ3n) is 4.68. The minimum atomic E-state index is -1.10. The van der Waals surface area contributed by atoms with Crippen LogP contribution in [0.25, 0.3) is 6.08 Å². The van der Waals surface area contributed by atoms with E-state index in [2.05, 4.69) is 0 Å². The van der Waals surface area contributed by atoms with Gasteiger partial charge in [0.15, 0.2) is 0 Å². The number of carbonyl (C=O) groups is 4. The molecule has 0 unspecified atom stereocenters. The average Bonchev–Trinajstić information content (AvgIpc) is 2.96. The molecule has 0 aromatic heterocycles. The molecule has 0 spiro atoms. The van der Waals surface area contributed by atoms with E-state index >= 15 is 0 Å². The van der Waals surface area contributed by atoms with Crippen LogP contribution in [0.2, 0.25) is 0 Å². The van der Waals surface area contributed by atoms with Crippen molar-refractivity contribution in [3.63, 3.8) is 0 Å². The van der Waals surface area contributed by atoms with E-state index in [1.165, 1.54) is 4.90 Å². The summed E-state index contributed by atoms with van der Waals surface area (Å²) in [7, 11) is 0. The van der Waals surface area contributed by atoms with Crippen LogP contribution in [-0.2, 0) is 14.4 Å². The topological polar surface area (TPSA) is 97.8 Å². The van der Waals surface area contributed by atoms with Crippen molar-refractivity contribution in [2.75, 3.05) is 19.6 Å². The first-order chi connectivity index (χ1) is 13.5. The second kappa shape index (κ2) is 8.88. The first kappa shape index (κ1) is 19.9. The normalized spacial score (nSPS) is 19.8. The number of rotatable bonds is 5. The Balaban J connectivity index is 1.58. The molecule has 0 saturated carbocycles. The molecule has 2 saturated heterocycles. The number of piperidine rings is 1. The van der Waals surface area contributed by atoms with Crippen molar-refractivity contribution in [1.82, 2.24) is 9.80 Å². The Morgan fingerprint density at radius 1 is 1.14 bits per heavy atom. The van der Waals surface area contributed by atoms with Crippen LogP contribution < -0.4 is 5.11 Å². The Labute approximate surface area is 166 Å². The third-order valence-corrected chi connectivity index (χ3v) is 5.61. The second-order valence-corrected chi connectivity index (χ2v) is 7.53. The maximum absolute atomic E-state index is 12.4. The Morgan fingerprint density at radius 3 is 2.46 bits per heavy atom. The molecule has 0 aliphatic carbocycles. The van der Waals surface area contributed by atoms with Crippen LogP contribution in [0.15, 0.2) is 47.4 Å². The van der Waals surface area contributed by atoms with Gasteiger partial charge in [-0.05, 0) is 36.2 Å². The molecule has 2 fully saturated rings. The minimum absolute atomic E-state index is 0.264. The summed E-state index contributed by atoms with van der Waals surface area (Å²) in [5.41, 5.74) is 0.966. The van der Waals surface area contributed by atoms with E-state index in [9.17, 15) is 24.3 Å². The summed E-state index contributed by atoms with van der Waals surface area (Å²) in [5.74, 6) is -2.52. The average molecular weight is 399 g/mol. The van der Waals surface area contributed by atoms with E-state index in [4.69, 9.17) is 0 Å². The lowest BCUT2D eigenvalue weighted by Crippen LogP contribution is -2.47. The number of carbonyl (C=O) groups excluding carboxylic acids is 4. The number of allylic oxidation sites excluding steroid dienone is 2. The number of likely N-dealkylation sites (tertiary alicyclic amines) is 1. The van der Waals surface area contributed by atoms with E-state index in [-0.39, 0.29) is 30.4 Å². The maximum atomic E-state index is 12.4. The number of nitrogens with zero attached hydrogens (tertiary/aromatic N) is 2. The van der Waals surface area contributed by atoms with Gasteiger partial charge in [0.05, 0.1) is 4.91 Å². The molecule has 8 heteroatoms. The molecule has 1 aromatic carbocycles. The van der Waals surface area contributed by atoms with Crippen molar-refractivity contribution < 1.29 is 24.3 Å². The number of hydrogen-bond acceptors (Lipinski definition) is 6. The van der Waals surface area contributed by atoms with Gasteiger partial charge < -0.3 is 14.8 Å². The Hall–Kier alpha value is -2.87. The van der Waals surface area contributed by atoms with Gasteiger partial charge in [0.25, 0.3) is 11.1 Å². The van der Waals surface area contributed by atoms with Gasteiger partial charge in [-0.25, -0.2) is 0 Å². The zero-order valence-electron chi connectivity index (χ0n) is 15.1. The van der Waals surface area contributed by atoms with Crippen molar-refractivity contribution >= 4 is 40.9 Å². The number of hydrogen-bond donors (Lipinski definition) is 0. The van der Waals surface area contributed by atoms with Gasteiger partial charge in [0.1, 0.15) is 6.54 Å². The maximum Gasteiger partial charge on any atom is 0.294 e. The molecule has 1 aromatic rings. The molecule has 0 radical (unpaired) electrons. The van der Waals surface area contributed by atoms with Crippen molar-refractivity contribution in [3.05, 3.63) is 53.0 Å². The predicted octanol–water partition coefficient (Wildman–Crippen LogP) is 1.27. The quantitative estimate of drug-likeness (QED) is 0.692. The van der Waals surface area contributed by atoms with Gasteiger partial charge in [-0.15, -0.1) is 0 Å². The molecular weight excluding hydrogens is 380 g/mol. The SMILES string of the molecule is O=C([O-])C1CCN(C(=O)CN2C(=O)S/C(=C/C=C/c3ccccc3)C2=O)CC1. The lowest BCUT2D eigenvalue weighted by atomic mass is 9.97. The van der Waals surface area contributed by atoms with Crippen molar-refractivity contribution in [1.29, 1.82) is 0 Å². The zero-order valence-corrected chi connectivity index (χ0v) is 15.9. The third kappa shape index (κ3) is 4.69. The molecule has 2 aliphatic heterocycles. The monoisotopic (exact) mass is 399 g/mol. The molecule has 2 aliphatic rings. The lowest BCUT2D eigenvalue weighted by Gasteiger charge is -2.33. The fraction of sp³-hybridized carbons (Fsp3) is 0.300. The van der Waals surface area contributed by atoms with Crippen LogP contribution in [0.4, 0.5) is 4.79 Å². The van der Waals surface area contributed by atoms with Gasteiger partial charge in [-0.1, -0.05) is 42.5 Å². The minimum Gasteiger partial charge on any atom is -0.550 e. The summed E-state index contributed by atoms with van der Waals surface area (Å²) in [4.78, 5) is 50.5. The van der Waals surface area contributed by atoms with Crippen molar-refractivity contribution in [3.8, 4) is 0 Å². The van der Waals surface area contributed by atoms with Gasteiger partial charge in [-0.2, -0.15) is 0 Å². The van der Waals surface area contributed by atoms with E-state index in [1.54, 1.807) is 12.2 Å². The molecule has 7 nitrogen and oxygen atoms in total. The van der Waals surface area contributed by atoms with Crippen LogP contribution >= 0.6 is 11.8 Å². The Bertz CT molecular complexity index is 841. The largest absolute Gasteiger partial charge is 0.550 e. The number of amides is 3. The van der Waals surface area contributed by atoms with Gasteiger partial charge in [0, 0.05) is 25.0 Å². The van der Waals surface area contributed by atoms with E-state index < -0.39 is 23.0 Å².